The van der Waals surface area contributed by atoms with E-state index in [4.69, 9.17) is 4.84 Å². The molecule has 2 unspecified atom stereocenters. The van der Waals surface area contributed by atoms with E-state index in [-0.39, 0.29) is 17.6 Å². The Balaban J connectivity index is 1.68. The molecule has 1 aromatic rings. The summed E-state index contributed by atoms with van der Waals surface area (Å²) in [7, 11) is 0. The van der Waals surface area contributed by atoms with Crippen LogP contribution in [0.5, 0.6) is 0 Å². The molecule has 2 aliphatic rings. The largest absolute Gasteiger partial charge is 0.316 e. The van der Waals surface area contributed by atoms with Gasteiger partial charge in [0, 0.05) is 6.92 Å². The smallest absolute Gasteiger partial charge is 0.274 e. The summed E-state index contributed by atoms with van der Waals surface area (Å²) in [6.45, 7) is 3.50. The van der Waals surface area contributed by atoms with Gasteiger partial charge < -0.3 is 4.90 Å². The van der Waals surface area contributed by atoms with Crippen LogP contribution in [0, 0.1) is 0 Å². The topological polar surface area (TPSA) is 66.9 Å². The SMILES string of the molecule is CC(=O)C1CCC2(CN(OCc3ccccc3)C2=O)N1C(C)=O. The molecule has 2 saturated heterocycles. The van der Waals surface area contributed by atoms with Gasteiger partial charge in [-0.25, -0.2) is 5.06 Å². The monoisotopic (exact) mass is 316 g/mol. The Labute approximate surface area is 135 Å². The van der Waals surface area contributed by atoms with Crippen LogP contribution in [-0.2, 0) is 25.8 Å². The van der Waals surface area contributed by atoms with E-state index < -0.39 is 11.6 Å². The fourth-order valence-electron chi connectivity index (χ4n) is 3.54. The van der Waals surface area contributed by atoms with E-state index in [1.54, 1.807) is 0 Å². The quantitative estimate of drug-likeness (QED) is 0.785. The Morgan fingerprint density at radius 1 is 1.26 bits per heavy atom. The third-order valence-electron chi connectivity index (χ3n) is 4.67. The summed E-state index contributed by atoms with van der Waals surface area (Å²) in [5, 5.41) is 1.30. The van der Waals surface area contributed by atoms with Crippen molar-refractivity contribution in [2.45, 2.75) is 44.9 Å². The molecule has 0 saturated carbocycles. The van der Waals surface area contributed by atoms with Gasteiger partial charge in [-0.2, -0.15) is 0 Å². The van der Waals surface area contributed by atoms with Crippen molar-refractivity contribution in [2.24, 2.45) is 0 Å². The second-order valence-corrected chi connectivity index (χ2v) is 6.19. The highest BCUT2D eigenvalue weighted by atomic mass is 16.7. The second kappa shape index (κ2) is 5.77. The summed E-state index contributed by atoms with van der Waals surface area (Å²) < 4.78 is 0. The number of hydrogen-bond acceptors (Lipinski definition) is 4. The molecule has 3 rings (SSSR count). The van der Waals surface area contributed by atoms with Gasteiger partial charge in [0.2, 0.25) is 5.91 Å². The lowest BCUT2D eigenvalue weighted by molar-refractivity contribution is -0.242. The van der Waals surface area contributed by atoms with Crippen LogP contribution in [0.4, 0.5) is 0 Å². The highest BCUT2D eigenvalue weighted by Gasteiger charge is 2.63. The highest BCUT2D eigenvalue weighted by Crippen LogP contribution is 2.42. The standard InChI is InChI=1S/C17H20N2O4/c1-12(20)15-8-9-17(19(15)13(2)21)11-18(16(17)22)23-10-14-6-4-3-5-7-14/h3-7,15H,8-11H2,1-2H3. The van der Waals surface area contributed by atoms with E-state index in [2.05, 4.69) is 0 Å². The molecule has 0 N–H and O–H groups in total. The third-order valence-corrected chi connectivity index (χ3v) is 4.67. The molecule has 1 spiro atoms. The van der Waals surface area contributed by atoms with Gasteiger partial charge in [-0.3, -0.25) is 19.2 Å². The first kappa shape index (κ1) is 15.7. The molecule has 23 heavy (non-hydrogen) atoms. The van der Waals surface area contributed by atoms with Crippen LogP contribution in [-0.4, -0.2) is 45.7 Å². The predicted octanol–water partition coefficient (Wildman–Crippen LogP) is 1.30. The summed E-state index contributed by atoms with van der Waals surface area (Å²) in [6.07, 6.45) is 1.05. The van der Waals surface area contributed by atoms with Crippen molar-refractivity contribution in [2.75, 3.05) is 6.54 Å². The molecule has 1 aromatic carbocycles. The van der Waals surface area contributed by atoms with Crippen LogP contribution in [0.3, 0.4) is 0 Å². The van der Waals surface area contributed by atoms with E-state index in [0.29, 0.717) is 26.0 Å². The van der Waals surface area contributed by atoms with E-state index >= 15 is 0 Å². The molecule has 122 valence electrons. The van der Waals surface area contributed by atoms with Crippen LogP contribution >= 0.6 is 0 Å². The molecule has 0 aromatic heterocycles. The zero-order valence-corrected chi connectivity index (χ0v) is 13.3. The van der Waals surface area contributed by atoms with Crippen LogP contribution in [0.1, 0.15) is 32.3 Å². The van der Waals surface area contributed by atoms with Gasteiger partial charge in [-0.05, 0) is 25.3 Å². The molecule has 0 radical (unpaired) electrons. The van der Waals surface area contributed by atoms with Gasteiger partial charge in [0.05, 0.1) is 12.6 Å². The first-order chi connectivity index (χ1) is 11.0. The number of carbonyl (C=O) groups is 3. The van der Waals surface area contributed by atoms with E-state index in [1.807, 2.05) is 30.3 Å². The molecule has 2 atom stereocenters. The zero-order chi connectivity index (χ0) is 16.6. The van der Waals surface area contributed by atoms with Crippen molar-refractivity contribution in [3.05, 3.63) is 35.9 Å². The lowest BCUT2D eigenvalue weighted by Gasteiger charge is -2.50. The van der Waals surface area contributed by atoms with Gasteiger partial charge >= 0.3 is 0 Å². The van der Waals surface area contributed by atoms with Crippen molar-refractivity contribution < 1.29 is 19.2 Å². The summed E-state index contributed by atoms with van der Waals surface area (Å²) in [5.41, 5.74) is 0.0801. The van der Waals surface area contributed by atoms with Crippen LogP contribution in [0.25, 0.3) is 0 Å². The molecule has 6 nitrogen and oxygen atoms in total. The zero-order valence-electron chi connectivity index (χ0n) is 13.3. The van der Waals surface area contributed by atoms with Crippen LogP contribution in [0.15, 0.2) is 30.3 Å². The Morgan fingerprint density at radius 2 is 1.96 bits per heavy atom. The number of ketones is 1. The summed E-state index contributed by atoms with van der Waals surface area (Å²) in [4.78, 5) is 43.3. The van der Waals surface area contributed by atoms with Crippen molar-refractivity contribution >= 4 is 17.6 Å². The van der Waals surface area contributed by atoms with E-state index in [0.717, 1.165) is 5.56 Å². The van der Waals surface area contributed by atoms with Crippen molar-refractivity contribution in [1.29, 1.82) is 0 Å². The molecule has 0 aliphatic carbocycles. The maximum Gasteiger partial charge on any atom is 0.274 e. The van der Waals surface area contributed by atoms with Crippen molar-refractivity contribution in [1.82, 2.24) is 9.96 Å². The number of hydroxylamine groups is 2. The molecule has 2 fully saturated rings. The van der Waals surface area contributed by atoms with E-state index in [1.165, 1.54) is 23.8 Å². The lowest BCUT2D eigenvalue weighted by Crippen LogP contribution is -2.73. The summed E-state index contributed by atoms with van der Waals surface area (Å²) in [6, 6.07) is 9.08. The number of hydrogen-bond donors (Lipinski definition) is 0. The fraction of sp³-hybridized carbons (Fsp3) is 0.471. The van der Waals surface area contributed by atoms with Gasteiger partial charge in [0.25, 0.3) is 5.91 Å². The Kier molecular flexibility index (Phi) is 3.93. The Hall–Kier alpha value is -2.21. The minimum atomic E-state index is -0.890. The Morgan fingerprint density at radius 3 is 2.52 bits per heavy atom. The second-order valence-electron chi connectivity index (χ2n) is 6.19. The average molecular weight is 316 g/mol. The van der Waals surface area contributed by atoms with E-state index in [9.17, 15) is 14.4 Å². The number of carbonyl (C=O) groups excluding carboxylic acids is 3. The minimum absolute atomic E-state index is 0.0754. The number of β-lactam (4-membered cyclic amide) rings is 1. The number of rotatable bonds is 4. The number of likely N-dealkylation sites (tertiary alicyclic amines) is 1. The summed E-state index contributed by atoms with van der Waals surface area (Å²) in [5.74, 6) is -0.542. The van der Waals surface area contributed by atoms with Gasteiger partial charge in [0.1, 0.15) is 12.1 Å². The minimum Gasteiger partial charge on any atom is -0.316 e. The first-order valence-corrected chi connectivity index (χ1v) is 7.75. The molecule has 2 heterocycles. The van der Waals surface area contributed by atoms with Crippen molar-refractivity contribution in [3.63, 3.8) is 0 Å². The summed E-state index contributed by atoms with van der Waals surface area (Å²) >= 11 is 0. The molecule has 2 amide bonds. The Bertz CT molecular complexity index is 645. The average Bonchev–Trinajstić information content (AvgIpc) is 2.95. The molecular formula is C17H20N2O4. The van der Waals surface area contributed by atoms with Gasteiger partial charge in [0.15, 0.2) is 5.78 Å². The number of benzene rings is 1. The lowest BCUT2D eigenvalue weighted by atomic mass is 9.87. The maximum atomic E-state index is 12.6. The maximum absolute atomic E-state index is 12.6. The predicted molar refractivity (Wildman–Crippen MR) is 81.9 cm³/mol. The number of nitrogens with zero attached hydrogens (tertiary/aromatic N) is 2. The fourth-order valence-corrected chi connectivity index (χ4v) is 3.54. The van der Waals surface area contributed by atoms with Crippen molar-refractivity contribution in [3.8, 4) is 0 Å². The highest BCUT2D eigenvalue weighted by molar-refractivity contribution is 5.99. The number of amides is 2. The number of Topliss-reactive ketones (excluding diaryl/α,β-unsaturated/α-hetero) is 1. The van der Waals surface area contributed by atoms with Gasteiger partial charge in [-0.15, -0.1) is 0 Å². The molecule has 6 heteroatoms. The molecule has 0 bridgehead atoms. The first-order valence-electron chi connectivity index (χ1n) is 7.75. The van der Waals surface area contributed by atoms with Crippen LogP contribution < -0.4 is 0 Å². The molecule has 2 aliphatic heterocycles. The van der Waals surface area contributed by atoms with Gasteiger partial charge in [-0.1, -0.05) is 30.3 Å². The molecular weight excluding hydrogens is 296 g/mol. The normalized spacial score (nSPS) is 26.5. The van der Waals surface area contributed by atoms with Crippen LogP contribution in [0.2, 0.25) is 0 Å². The third kappa shape index (κ3) is 2.53.